The minimum Gasteiger partial charge on any atom is -0.350 e. The molecular weight excluding hydrogens is 276 g/mol. The lowest BCUT2D eigenvalue weighted by molar-refractivity contribution is 0.0955. The van der Waals surface area contributed by atoms with Gasteiger partial charge in [0.25, 0.3) is 5.91 Å². The summed E-state index contributed by atoms with van der Waals surface area (Å²) in [6, 6.07) is 1.92. The summed E-state index contributed by atoms with van der Waals surface area (Å²) in [5.41, 5.74) is 6.80. The molecule has 1 rings (SSSR count). The minimum absolute atomic E-state index is 0.0402. The first kappa shape index (κ1) is 12.7. The zero-order valence-electron chi connectivity index (χ0n) is 8.84. The molecule has 0 saturated heterocycles. The number of rotatable bonds is 4. The monoisotopic (exact) mass is 290 g/mol. The third-order valence-electron chi connectivity index (χ3n) is 2.13. The maximum absolute atomic E-state index is 11.7. The quantitative estimate of drug-likeness (QED) is 0.894. The van der Waals surface area contributed by atoms with Gasteiger partial charge in [-0.05, 0) is 40.9 Å². The predicted molar refractivity (Wildman–Crippen MR) is 67.4 cm³/mol. The molecule has 1 aromatic rings. The van der Waals surface area contributed by atoms with E-state index in [1.807, 2.05) is 19.9 Å². The fraction of sp³-hybridized carbons (Fsp3) is 0.500. The maximum atomic E-state index is 11.7. The Kier molecular flexibility index (Phi) is 4.76. The van der Waals surface area contributed by atoms with Gasteiger partial charge in [0.1, 0.15) is 0 Å². The highest BCUT2D eigenvalue weighted by Gasteiger charge is 2.11. The molecule has 0 spiro atoms. The summed E-state index contributed by atoms with van der Waals surface area (Å²) in [5, 5.41) is 2.82. The lowest BCUT2D eigenvalue weighted by Gasteiger charge is -2.08. The van der Waals surface area contributed by atoms with Crippen molar-refractivity contribution >= 4 is 33.2 Å². The molecule has 3 nitrogen and oxygen atoms in total. The summed E-state index contributed by atoms with van der Waals surface area (Å²) in [4.78, 5) is 12.4. The Labute approximate surface area is 102 Å². The first-order chi connectivity index (χ1) is 7.04. The van der Waals surface area contributed by atoms with E-state index in [0.717, 1.165) is 20.6 Å². The maximum Gasteiger partial charge on any atom is 0.261 e. The second kappa shape index (κ2) is 5.63. The van der Waals surface area contributed by atoms with Crippen LogP contribution in [0.3, 0.4) is 0 Å². The molecule has 1 aromatic heterocycles. The third-order valence-corrected chi connectivity index (χ3v) is 4.27. The van der Waals surface area contributed by atoms with E-state index in [4.69, 9.17) is 5.73 Å². The molecule has 1 amide bonds. The van der Waals surface area contributed by atoms with Gasteiger partial charge in [-0.15, -0.1) is 11.3 Å². The normalized spacial score (nSPS) is 12.5. The number of halogens is 1. The number of thiophene rings is 1. The van der Waals surface area contributed by atoms with Gasteiger partial charge in [0.05, 0.1) is 8.66 Å². The van der Waals surface area contributed by atoms with Crippen LogP contribution in [-0.4, -0.2) is 18.5 Å². The van der Waals surface area contributed by atoms with E-state index >= 15 is 0 Å². The van der Waals surface area contributed by atoms with Crippen LogP contribution in [0.1, 0.15) is 28.6 Å². The van der Waals surface area contributed by atoms with Gasteiger partial charge in [-0.3, -0.25) is 4.79 Å². The van der Waals surface area contributed by atoms with Crippen molar-refractivity contribution in [2.24, 2.45) is 5.73 Å². The van der Waals surface area contributed by atoms with E-state index in [2.05, 4.69) is 21.2 Å². The number of nitrogens with one attached hydrogen (secondary N) is 1. The zero-order valence-corrected chi connectivity index (χ0v) is 11.2. The van der Waals surface area contributed by atoms with Crippen molar-refractivity contribution in [3.8, 4) is 0 Å². The molecule has 0 aliphatic carbocycles. The number of aryl methyl sites for hydroxylation is 1. The molecule has 0 radical (unpaired) electrons. The summed E-state index contributed by atoms with van der Waals surface area (Å²) in [6.07, 6.45) is 0.868. The van der Waals surface area contributed by atoms with Gasteiger partial charge in [-0.25, -0.2) is 0 Å². The van der Waals surface area contributed by atoms with E-state index in [0.29, 0.717) is 6.54 Å². The van der Waals surface area contributed by atoms with Gasteiger partial charge in [0.2, 0.25) is 0 Å². The number of hydrogen-bond acceptors (Lipinski definition) is 3. The molecule has 15 heavy (non-hydrogen) atoms. The zero-order chi connectivity index (χ0) is 11.4. The average molecular weight is 291 g/mol. The second-order valence-corrected chi connectivity index (χ2v) is 5.82. The Morgan fingerprint density at radius 3 is 2.87 bits per heavy atom. The fourth-order valence-corrected chi connectivity index (χ4v) is 2.48. The third kappa shape index (κ3) is 3.59. The van der Waals surface area contributed by atoms with Gasteiger partial charge in [-0.2, -0.15) is 0 Å². The molecule has 5 heteroatoms. The number of hydrogen-bond donors (Lipinski definition) is 2. The van der Waals surface area contributed by atoms with Crippen molar-refractivity contribution in [1.82, 2.24) is 5.32 Å². The summed E-state index contributed by atoms with van der Waals surface area (Å²) < 4.78 is 1.01. The number of nitrogens with two attached hydrogens (primary N) is 1. The van der Waals surface area contributed by atoms with Crippen molar-refractivity contribution in [3.05, 3.63) is 20.3 Å². The molecule has 84 valence electrons. The highest BCUT2D eigenvalue weighted by Crippen LogP contribution is 2.27. The van der Waals surface area contributed by atoms with E-state index < -0.39 is 0 Å². The molecule has 0 aliphatic heterocycles. The molecule has 0 fully saturated rings. The highest BCUT2D eigenvalue weighted by atomic mass is 79.9. The van der Waals surface area contributed by atoms with Crippen LogP contribution in [0.25, 0.3) is 0 Å². The van der Waals surface area contributed by atoms with Crippen LogP contribution in [0.5, 0.6) is 0 Å². The van der Waals surface area contributed by atoms with E-state index in [9.17, 15) is 4.79 Å². The predicted octanol–water partition coefficient (Wildman–Crippen LogP) is 2.29. The summed E-state index contributed by atoms with van der Waals surface area (Å²) in [7, 11) is 0. The van der Waals surface area contributed by atoms with Crippen molar-refractivity contribution in [1.29, 1.82) is 0 Å². The van der Waals surface area contributed by atoms with Crippen LogP contribution in [0.2, 0.25) is 0 Å². The van der Waals surface area contributed by atoms with Crippen molar-refractivity contribution in [3.63, 3.8) is 0 Å². The van der Waals surface area contributed by atoms with Gasteiger partial charge < -0.3 is 11.1 Å². The Hall–Kier alpha value is -0.390. The lowest BCUT2D eigenvalue weighted by atomic mass is 10.2. The van der Waals surface area contributed by atoms with Crippen LogP contribution < -0.4 is 11.1 Å². The largest absolute Gasteiger partial charge is 0.350 e. The van der Waals surface area contributed by atoms with Crippen LogP contribution in [0, 0.1) is 6.92 Å². The standard InChI is InChI=1S/C10H15BrN2OS/c1-3-7(12)5-13-10(14)8-4-6(2)9(11)15-8/h4,7H,3,5,12H2,1-2H3,(H,13,14). The number of amides is 1. The van der Waals surface area contributed by atoms with Crippen molar-refractivity contribution in [2.75, 3.05) is 6.54 Å². The highest BCUT2D eigenvalue weighted by molar-refractivity contribution is 9.11. The van der Waals surface area contributed by atoms with E-state index in [1.54, 1.807) is 0 Å². The molecule has 1 atom stereocenters. The van der Waals surface area contributed by atoms with Crippen LogP contribution >= 0.6 is 27.3 Å². The van der Waals surface area contributed by atoms with Crippen molar-refractivity contribution in [2.45, 2.75) is 26.3 Å². The van der Waals surface area contributed by atoms with E-state index in [1.165, 1.54) is 11.3 Å². The van der Waals surface area contributed by atoms with Gasteiger partial charge >= 0.3 is 0 Å². The molecule has 0 bridgehead atoms. The Bertz CT molecular complexity index is 332. The summed E-state index contributed by atoms with van der Waals surface area (Å²) >= 11 is 4.84. The summed E-state index contributed by atoms with van der Waals surface area (Å²) in [6.45, 7) is 4.50. The topological polar surface area (TPSA) is 55.1 Å². The first-order valence-electron chi connectivity index (χ1n) is 4.84. The molecule has 0 saturated carbocycles. The van der Waals surface area contributed by atoms with Gasteiger partial charge in [0, 0.05) is 12.6 Å². The van der Waals surface area contributed by atoms with Crippen LogP contribution in [0.4, 0.5) is 0 Å². The van der Waals surface area contributed by atoms with Crippen LogP contribution in [-0.2, 0) is 0 Å². The molecule has 1 heterocycles. The first-order valence-corrected chi connectivity index (χ1v) is 6.45. The van der Waals surface area contributed by atoms with Crippen LogP contribution in [0.15, 0.2) is 9.85 Å². The van der Waals surface area contributed by atoms with Gasteiger partial charge in [0.15, 0.2) is 0 Å². The molecule has 0 aliphatic rings. The van der Waals surface area contributed by atoms with E-state index in [-0.39, 0.29) is 11.9 Å². The SMILES string of the molecule is CCC(N)CNC(=O)c1cc(C)c(Br)s1. The Morgan fingerprint density at radius 1 is 1.73 bits per heavy atom. The summed E-state index contributed by atoms with van der Waals surface area (Å²) in [5.74, 6) is -0.0438. The number of carbonyl (C=O) groups is 1. The number of carbonyl (C=O) groups excluding carboxylic acids is 1. The van der Waals surface area contributed by atoms with Crippen molar-refractivity contribution < 1.29 is 4.79 Å². The average Bonchev–Trinajstić information content (AvgIpc) is 2.55. The minimum atomic E-state index is -0.0438. The molecule has 3 N–H and O–H groups in total. The molecule has 1 unspecified atom stereocenters. The lowest BCUT2D eigenvalue weighted by Crippen LogP contribution is -2.36. The fourth-order valence-electron chi connectivity index (χ4n) is 1.03. The molecule has 0 aromatic carbocycles. The molecular formula is C10H15BrN2OS. The smallest absolute Gasteiger partial charge is 0.261 e. The Balaban J connectivity index is 2.54. The Morgan fingerprint density at radius 2 is 2.40 bits per heavy atom. The van der Waals surface area contributed by atoms with Gasteiger partial charge in [-0.1, -0.05) is 6.92 Å². The second-order valence-electron chi connectivity index (χ2n) is 3.45.